The van der Waals surface area contributed by atoms with Crippen LogP contribution in [0.15, 0.2) is 109 Å². The van der Waals surface area contributed by atoms with E-state index >= 15 is 0 Å². The Labute approximate surface area is 328 Å². The zero-order chi connectivity index (χ0) is 40.1. The molecule has 0 unspecified atom stereocenters. The quantitative estimate of drug-likeness (QED) is 0.119. The number of imide groups is 1. The van der Waals surface area contributed by atoms with Crippen molar-refractivity contribution in [1.82, 2.24) is 10.6 Å². The van der Waals surface area contributed by atoms with Crippen LogP contribution < -0.4 is 21.3 Å². The van der Waals surface area contributed by atoms with Crippen molar-refractivity contribution < 1.29 is 46.5 Å². The molecular formula is C41H44ClF3N4O7. The Bertz CT molecular complexity index is 1830. The number of methoxy groups -OCH3 is 1. The largest absolute Gasteiger partial charge is 0.452 e. The van der Waals surface area contributed by atoms with Crippen LogP contribution in [0.4, 0.5) is 28.4 Å². The van der Waals surface area contributed by atoms with E-state index in [2.05, 4.69) is 5.32 Å². The number of rotatable bonds is 15. The van der Waals surface area contributed by atoms with E-state index in [1.54, 1.807) is 41.7 Å². The molecule has 1 saturated heterocycles. The van der Waals surface area contributed by atoms with Gasteiger partial charge in [0.1, 0.15) is 13.2 Å². The number of para-hydroxylation sites is 1. The lowest BCUT2D eigenvalue weighted by Gasteiger charge is -2.37. The summed E-state index contributed by atoms with van der Waals surface area (Å²) in [6.45, 7) is -1.22. The molecule has 1 aliphatic heterocycles. The van der Waals surface area contributed by atoms with Gasteiger partial charge in [-0.15, -0.1) is 0 Å². The fraction of sp³-hybridized carbons (Fsp3) is 0.341. The van der Waals surface area contributed by atoms with Gasteiger partial charge in [-0.05, 0) is 53.3 Å². The summed E-state index contributed by atoms with van der Waals surface area (Å²) in [6, 6.07) is 31.0. The summed E-state index contributed by atoms with van der Waals surface area (Å²) in [6.07, 6.45) is -6.99. The van der Waals surface area contributed by atoms with Crippen LogP contribution in [0.2, 0.25) is 5.02 Å². The summed E-state index contributed by atoms with van der Waals surface area (Å²) in [4.78, 5) is 40.7. The Kier molecular flexibility index (Phi) is 15.2. The molecule has 4 aromatic carbocycles. The molecule has 0 bridgehead atoms. The summed E-state index contributed by atoms with van der Waals surface area (Å²) in [5, 5.41) is 5.54. The van der Waals surface area contributed by atoms with Crippen LogP contribution in [0.1, 0.15) is 34.6 Å². The highest BCUT2D eigenvalue weighted by atomic mass is 35.5. The number of amides is 3. The Balaban J connectivity index is 1.30. The lowest BCUT2D eigenvalue weighted by molar-refractivity contribution is -0.125. The van der Waals surface area contributed by atoms with Crippen LogP contribution in [0.3, 0.4) is 0 Å². The highest BCUT2D eigenvalue weighted by molar-refractivity contribution is 6.30. The maximum Gasteiger partial charge on any atom is 0.420 e. The minimum atomic E-state index is -4.59. The number of hydrogen-bond donors (Lipinski definition) is 3. The third-order valence-electron chi connectivity index (χ3n) is 9.22. The first-order valence-electron chi connectivity index (χ1n) is 18.0. The molecule has 4 N–H and O–H groups in total. The van der Waals surface area contributed by atoms with Gasteiger partial charge in [-0.1, -0.05) is 103 Å². The van der Waals surface area contributed by atoms with Crippen LogP contribution in [-0.4, -0.2) is 82.0 Å². The molecule has 1 heterocycles. The third-order valence-corrected chi connectivity index (χ3v) is 9.47. The average Bonchev–Trinajstić information content (AvgIpc) is 3.20. The van der Waals surface area contributed by atoms with E-state index in [0.717, 1.165) is 21.6 Å². The molecule has 0 radical (unpaired) electrons. The van der Waals surface area contributed by atoms with Crippen molar-refractivity contribution in [2.45, 2.75) is 55.8 Å². The maximum absolute atomic E-state index is 14.3. The van der Waals surface area contributed by atoms with Gasteiger partial charge in [0.2, 0.25) is 0 Å². The van der Waals surface area contributed by atoms with E-state index in [1.807, 2.05) is 72.8 Å². The van der Waals surface area contributed by atoms with Crippen LogP contribution in [0.5, 0.6) is 0 Å². The molecule has 5 rings (SSSR count). The van der Waals surface area contributed by atoms with Gasteiger partial charge in [-0.3, -0.25) is 4.79 Å². The molecule has 0 spiro atoms. The normalized spacial score (nSPS) is 17.5. The topological polar surface area (TPSA) is 141 Å². The molecule has 11 nitrogen and oxygen atoms in total. The van der Waals surface area contributed by atoms with Gasteiger partial charge in [-0.2, -0.15) is 13.2 Å². The van der Waals surface area contributed by atoms with Gasteiger partial charge < -0.3 is 35.3 Å². The summed E-state index contributed by atoms with van der Waals surface area (Å²) >= 11 is 6.00. The Morgan fingerprint density at radius 2 is 1.55 bits per heavy atom. The van der Waals surface area contributed by atoms with Gasteiger partial charge >= 0.3 is 18.4 Å². The molecule has 56 heavy (non-hydrogen) atoms. The Morgan fingerprint density at radius 3 is 2.18 bits per heavy atom. The molecule has 0 saturated carbocycles. The van der Waals surface area contributed by atoms with Crippen molar-refractivity contribution in [2.75, 3.05) is 38.3 Å². The highest BCUT2D eigenvalue weighted by Crippen LogP contribution is 2.31. The number of alkyl carbamates (subject to hydrolysis) is 1. The second-order valence-corrected chi connectivity index (χ2v) is 13.6. The maximum atomic E-state index is 14.3. The molecule has 1 aliphatic rings. The van der Waals surface area contributed by atoms with Crippen molar-refractivity contribution in [1.29, 1.82) is 0 Å². The van der Waals surface area contributed by atoms with Crippen molar-refractivity contribution in [3.05, 3.63) is 136 Å². The predicted octanol–water partition coefficient (Wildman–Crippen LogP) is 6.76. The van der Waals surface area contributed by atoms with Gasteiger partial charge in [0.05, 0.1) is 50.3 Å². The highest BCUT2D eigenvalue weighted by Gasteiger charge is 2.37. The second-order valence-electron chi connectivity index (χ2n) is 13.2. The number of carbonyl (C=O) groups is 3. The smallest absolute Gasteiger partial charge is 0.420 e. The van der Waals surface area contributed by atoms with Gasteiger partial charge in [0.25, 0.3) is 5.91 Å². The first-order chi connectivity index (χ1) is 26.9. The van der Waals surface area contributed by atoms with Crippen LogP contribution in [-0.2, 0) is 36.8 Å². The lowest BCUT2D eigenvalue weighted by Crippen LogP contribution is -2.56. The van der Waals surface area contributed by atoms with E-state index in [1.165, 1.54) is 7.11 Å². The molecule has 4 atom stereocenters. The number of nitrogens with two attached hydrogens (primary N) is 1. The molecule has 0 aromatic heterocycles. The number of halogens is 4. The third kappa shape index (κ3) is 12.0. The number of alkyl halides is 3. The number of ether oxygens (including phenoxy) is 4. The van der Waals surface area contributed by atoms with E-state index in [4.69, 9.17) is 36.3 Å². The first-order valence-corrected chi connectivity index (χ1v) is 18.3. The van der Waals surface area contributed by atoms with E-state index < -0.39 is 61.0 Å². The molecule has 3 amide bonds. The van der Waals surface area contributed by atoms with Crippen LogP contribution in [0, 0.1) is 0 Å². The van der Waals surface area contributed by atoms with Crippen molar-refractivity contribution in [3.63, 3.8) is 0 Å². The number of nitrogens with one attached hydrogen (secondary N) is 2. The Morgan fingerprint density at radius 1 is 0.929 bits per heavy atom. The van der Waals surface area contributed by atoms with Crippen LogP contribution >= 0.6 is 11.6 Å². The second kappa shape index (κ2) is 20.3. The first kappa shape index (κ1) is 42.2. The summed E-state index contributed by atoms with van der Waals surface area (Å²) in [7, 11) is 1.19. The molecule has 298 valence electrons. The molecule has 0 aliphatic carbocycles. The number of hydrogen-bond acceptors (Lipinski definition) is 9. The SMILES string of the molecule is COC(=O)N(C(=O)[C@@H](N)C(c1ccccc1)c1ccccc1)c1ccccc1CC[C@@H]1CN[C@H](COC(=O)NCC(F)(F)F)[C@@H](COCc2ccc(Cl)cc2)O1. The number of anilines is 1. The number of aryl methyl sites for hydroxylation is 1. The van der Waals surface area contributed by atoms with E-state index in [-0.39, 0.29) is 19.8 Å². The summed E-state index contributed by atoms with van der Waals surface area (Å²) < 4.78 is 60.4. The summed E-state index contributed by atoms with van der Waals surface area (Å²) in [5.41, 5.74) is 10.2. The van der Waals surface area contributed by atoms with E-state index in [9.17, 15) is 27.6 Å². The van der Waals surface area contributed by atoms with Crippen molar-refractivity contribution in [2.24, 2.45) is 5.73 Å². The molecule has 15 heteroatoms. The number of morpholine rings is 1. The zero-order valence-corrected chi connectivity index (χ0v) is 31.4. The minimum absolute atomic E-state index is 0.0629. The Hall–Kier alpha value is -4.99. The fourth-order valence-corrected chi connectivity index (χ4v) is 6.56. The van der Waals surface area contributed by atoms with Crippen molar-refractivity contribution in [3.8, 4) is 0 Å². The van der Waals surface area contributed by atoms with Gasteiger partial charge in [-0.25, -0.2) is 14.5 Å². The summed E-state index contributed by atoms with van der Waals surface area (Å²) in [5.74, 6) is -1.23. The predicted molar refractivity (Wildman–Crippen MR) is 204 cm³/mol. The standard InChI is InChI=1S/C41H44ClF3N4O7/c1-53-40(52)49(38(50)37(46)36(29-11-4-2-5-12-29)30-13-6-3-7-14-30)34-15-9-8-10-28(34)18-21-32-22-47-33(24-55-39(51)48-26-41(43,44)45)35(56-32)25-54-23-27-16-19-31(42)20-17-27/h2-17,19-20,32-33,35-37,47H,18,21-26,46H2,1H3,(H,48,51)/t32-,33-,35-,37+/m1/s1. The average molecular weight is 797 g/mol. The van der Waals surface area contributed by atoms with E-state index in [0.29, 0.717) is 35.7 Å². The monoisotopic (exact) mass is 796 g/mol. The van der Waals surface area contributed by atoms with Gasteiger partial charge in [0.15, 0.2) is 0 Å². The van der Waals surface area contributed by atoms with Crippen molar-refractivity contribution >= 4 is 35.4 Å². The number of benzene rings is 4. The lowest BCUT2D eigenvalue weighted by atomic mass is 9.84. The zero-order valence-electron chi connectivity index (χ0n) is 30.6. The number of carbonyl (C=O) groups excluding carboxylic acids is 3. The minimum Gasteiger partial charge on any atom is -0.452 e. The molecular weight excluding hydrogens is 753 g/mol. The molecule has 4 aromatic rings. The number of nitrogens with zero attached hydrogens (tertiary/aromatic N) is 1. The van der Waals surface area contributed by atoms with Gasteiger partial charge in [0, 0.05) is 17.5 Å². The molecule has 1 fully saturated rings. The van der Waals surface area contributed by atoms with Crippen LogP contribution in [0.25, 0.3) is 0 Å². The fourth-order valence-electron chi connectivity index (χ4n) is 6.43.